The minimum Gasteiger partial charge on any atom is -0.492 e. The number of ether oxygens (including phenoxy) is 1. The summed E-state index contributed by atoms with van der Waals surface area (Å²) in [5, 5.41) is 5.88. The van der Waals surface area contributed by atoms with Crippen LogP contribution in [0.25, 0.3) is 0 Å². The zero-order valence-electron chi connectivity index (χ0n) is 16.6. The van der Waals surface area contributed by atoms with E-state index in [2.05, 4.69) is 15.6 Å². The summed E-state index contributed by atoms with van der Waals surface area (Å²) in [7, 11) is 0. The summed E-state index contributed by atoms with van der Waals surface area (Å²) in [4.78, 5) is 16.6. The number of amides is 1. The van der Waals surface area contributed by atoms with E-state index in [9.17, 15) is 18.0 Å². The van der Waals surface area contributed by atoms with E-state index in [0.29, 0.717) is 0 Å². The van der Waals surface area contributed by atoms with E-state index in [4.69, 9.17) is 4.74 Å². The first-order valence-corrected chi connectivity index (χ1v) is 9.69. The van der Waals surface area contributed by atoms with Crippen LogP contribution in [0.3, 0.4) is 0 Å². The molecule has 0 aliphatic rings. The number of carbonyl (C=O) groups is 1. The number of alkyl halides is 3. The molecule has 1 amide bonds. The third-order valence-electron chi connectivity index (χ3n) is 4.44. The van der Waals surface area contributed by atoms with Crippen LogP contribution in [-0.4, -0.2) is 30.6 Å². The highest BCUT2D eigenvalue weighted by molar-refractivity contribution is 5.78. The normalized spacial score (nSPS) is 12.2. The summed E-state index contributed by atoms with van der Waals surface area (Å²) >= 11 is 0. The van der Waals surface area contributed by atoms with E-state index in [1.165, 1.54) is 12.1 Å². The lowest BCUT2D eigenvalue weighted by molar-refractivity contribution is -0.137. The Labute approximate surface area is 178 Å². The SMILES string of the molecule is O=C(CNC(c1ccccc1)c1ccccn1)NCCOc1cccc(C(F)(F)F)c1. The lowest BCUT2D eigenvalue weighted by Gasteiger charge is -2.18. The molecule has 0 spiro atoms. The van der Waals surface area contributed by atoms with Crippen molar-refractivity contribution in [2.24, 2.45) is 0 Å². The van der Waals surface area contributed by atoms with Gasteiger partial charge < -0.3 is 10.1 Å². The van der Waals surface area contributed by atoms with Crippen molar-refractivity contribution in [2.75, 3.05) is 19.7 Å². The predicted molar refractivity (Wildman–Crippen MR) is 110 cm³/mol. The topological polar surface area (TPSA) is 63.2 Å². The molecule has 3 aromatic rings. The molecule has 31 heavy (non-hydrogen) atoms. The van der Waals surface area contributed by atoms with Gasteiger partial charge in [-0.05, 0) is 35.9 Å². The van der Waals surface area contributed by atoms with Crippen molar-refractivity contribution in [3.63, 3.8) is 0 Å². The average Bonchev–Trinajstić information content (AvgIpc) is 2.78. The largest absolute Gasteiger partial charge is 0.492 e. The summed E-state index contributed by atoms with van der Waals surface area (Å²) in [5.74, 6) is -0.161. The molecule has 1 atom stereocenters. The maximum absolute atomic E-state index is 12.7. The van der Waals surface area contributed by atoms with E-state index < -0.39 is 11.7 Å². The molecule has 0 bridgehead atoms. The van der Waals surface area contributed by atoms with Crippen LogP contribution in [0.4, 0.5) is 13.2 Å². The fourth-order valence-electron chi connectivity index (χ4n) is 2.96. The number of hydrogen-bond acceptors (Lipinski definition) is 4. The Morgan fingerprint density at radius 3 is 2.48 bits per heavy atom. The molecule has 1 aromatic heterocycles. The number of pyridine rings is 1. The summed E-state index contributed by atoms with van der Waals surface area (Å²) in [6, 6.07) is 19.6. The number of rotatable bonds is 9. The molecular weight excluding hydrogens is 407 g/mol. The standard InChI is InChI=1S/C23H22F3N3O2/c24-23(25,26)18-9-6-10-19(15-18)31-14-13-28-21(30)16-29-22(17-7-2-1-3-8-17)20-11-4-5-12-27-20/h1-12,15,22,29H,13-14,16H2,(H,28,30). The number of halogens is 3. The molecular formula is C23H22F3N3O2. The molecule has 0 fully saturated rings. The van der Waals surface area contributed by atoms with Crippen molar-refractivity contribution in [3.05, 3.63) is 95.8 Å². The van der Waals surface area contributed by atoms with Gasteiger partial charge in [-0.1, -0.05) is 42.5 Å². The van der Waals surface area contributed by atoms with E-state index in [1.54, 1.807) is 6.20 Å². The van der Waals surface area contributed by atoms with Gasteiger partial charge in [-0.25, -0.2) is 0 Å². The Bertz CT molecular complexity index is 927. The second-order valence-electron chi connectivity index (χ2n) is 6.70. The van der Waals surface area contributed by atoms with E-state index in [0.717, 1.165) is 23.4 Å². The summed E-state index contributed by atoms with van der Waals surface area (Å²) in [5.41, 5.74) is 0.982. The fraction of sp³-hybridized carbons (Fsp3) is 0.217. The summed E-state index contributed by atoms with van der Waals surface area (Å²) < 4.78 is 43.5. The summed E-state index contributed by atoms with van der Waals surface area (Å²) in [6.07, 6.45) is -2.74. The number of nitrogens with one attached hydrogen (secondary N) is 2. The third-order valence-corrected chi connectivity index (χ3v) is 4.44. The van der Waals surface area contributed by atoms with Crippen molar-refractivity contribution in [3.8, 4) is 5.75 Å². The van der Waals surface area contributed by atoms with Crippen LogP contribution in [0.2, 0.25) is 0 Å². The van der Waals surface area contributed by atoms with Crippen LogP contribution in [0.5, 0.6) is 5.75 Å². The zero-order chi connectivity index (χ0) is 22.1. The molecule has 1 heterocycles. The van der Waals surface area contributed by atoms with Gasteiger partial charge in [0.15, 0.2) is 0 Å². The summed E-state index contributed by atoms with van der Waals surface area (Å²) in [6.45, 7) is 0.255. The molecule has 162 valence electrons. The lowest BCUT2D eigenvalue weighted by atomic mass is 10.0. The van der Waals surface area contributed by atoms with Crippen LogP contribution >= 0.6 is 0 Å². The number of nitrogens with zero attached hydrogens (tertiary/aromatic N) is 1. The van der Waals surface area contributed by atoms with Crippen LogP contribution in [0, 0.1) is 0 Å². The van der Waals surface area contributed by atoms with Crippen molar-refractivity contribution in [1.29, 1.82) is 0 Å². The third kappa shape index (κ3) is 6.82. The van der Waals surface area contributed by atoms with Crippen molar-refractivity contribution in [1.82, 2.24) is 15.6 Å². The molecule has 0 saturated heterocycles. The Hall–Kier alpha value is -3.39. The number of benzene rings is 2. The van der Waals surface area contributed by atoms with Gasteiger partial charge in [0, 0.05) is 6.20 Å². The quantitative estimate of drug-likeness (QED) is 0.505. The molecule has 0 radical (unpaired) electrons. The van der Waals surface area contributed by atoms with Crippen LogP contribution in [-0.2, 0) is 11.0 Å². The molecule has 0 aliphatic carbocycles. The van der Waals surface area contributed by atoms with Crippen molar-refractivity contribution < 1.29 is 22.7 Å². The monoisotopic (exact) mass is 429 g/mol. The Balaban J connectivity index is 1.48. The Morgan fingerprint density at radius 2 is 1.77 bits per heavy atom. The first-order chi connectivity index (χ1) is 14.9. The molecule has 0 aliphatic heterocycles. The van der Waals surface area contributed by atoms with Crippen molar-refractivity contribution >= 4 is 5.91 Å². The van der Waals surface area contributed by atoms with Gasteiger partial charge in [0.05, 0.1) is 30.4 Å². The number of hydrogen-bond donors (Lipinski definition) is 2. The van der Waals surface area contributed by atoms with Gasteiger partial charge in [0.25, 0.3) is 0 Å². The van der Waals surface area contributed by atoms with Gasteiger partial charge in [-0.3, -0.25) is 15.1 Å². The molecule has 1 unspecified atom stereocenters. The van der Waals surface area contributed by atoms with E-state index in [-0.39, 0.29) is 37.4 Å². The molecule has 0 saturated carbocycles. The molecule has 3 rings (SSSR count). The van der Waals surface area contributed by atoms with E-state index in [1.807, 2.05) is 48.5 Å². The van der Waals surface area contributed by atoms with Gasteiger partial charge in [-0.15, -0.1) is 0 Å². The molecule has 5 nitrogen and oxygen atoms in total. The number of aromatic nitrogens is 1. The first kappa shape index (κ1) is 22.3. The van der Waals surface area contributed by atoms with Crippen LogP contribution in [0.1, 0.15) is 22.9 Å². The second kappa shape index (κ2) is 10.6. The highest BCUT2D eigenvalue weighted by Crippen LogP contribution is 2.31. The van der Waals surface area contributed by atoms with E-state index >= 15 is 0 Å². The number of carbonyl (C=O) groups excluding carboxylic acids is 1. The minimum absolute atomic E-state index is 0.0414. The lowest BCUT2D eigenvalue weighted by Crippen LogP contribution is -2.38. The fourth-order valence-corrected chi connectivity index (χ4v) is 2.96. The van der Waals surface area contributed by atoms with Crippen molar-refractivity contribution in [2.45, 2.75) is 12.2 Å². The minimum atomic E-state index is -4.43. The van der Waals surface area contributed by atoms with Gasteiger partial charge in [-0.2, -0.15) is 13.2 Å². The Morgan fingerprint density at radius 1 is 1.00 bits per heavy atom. The van der Waals surface area contributed by atoms with Gasteiger partial charge in [0.1, 0.15) is 12.4 Å². The van der Waals surface area contributed by atoms with Gasteiger partial charge in [0.2, 0.25) is 5.91 Å². The Kier molecular flexibility index (Phi) is 7.61. The van der Waals surface area contributed by atoms with Gasteiger partial charge >= 0.3 is 6.18 Å². The zero-order valence-corrected chi connectivity index (χ0v) is 16.6. The second-order valence-corrected chi connectivity index (χ2v) is 6.70. The smallest absolute Gasteiger partial charge is 0.416 e. The molecule has 2 N–H and O–H groups in total. The molecule has 8 heteroatoms. The van der Waals surface area contributed by atoms with Crippen LogP contribution in [0.15, 0.2) is 79.0 Å². The predicted octanol–water partition coefficient (Wildman–Crippen LogP) is 3.97. The average molecular weight is 429 g/mol. The highest BCUT2D eigenvalue weighted by atomic mass is 19.4. The highest BCUT2D eigenvalue weighted by Gasteiger charge is 2.30. The maximum atomic E-state index is 12.7. The van der Waals surface area contributed by atoms with Crippen LogP contribution < -0.4 is 15.4 Å². The first-order valence-electron chi connectivity index (χ1n) is 9.69. The maximum Gasteiger partial charge on any atom is 0.416 e. The molecule has 2 aromatic carbocycles.